The molecule has 1 amide bonds. The van der Waals surface area contributed by atoms with Crippen molar-refractivity contribution in [3.05, 3.63) is 71.0 Å². The summed E-state index contributed by atoms with van der Waals surface area (Å²) in [5, 5.41) is 12.5. The highest BCUT2D eigenvalue weighted by molar-refractivity contribution is 5.95. The molecule has 0 aromatic heterocycles. The maximum Gasteiger partial charge on any atom is 0.255 e. The third-order valence-corrected chi connectivity index (χ3v) is 5.68. The zero-order chi connectivity index (χ0) is 19.7. The van der Waals surface area contributed by atoms with Crippen molar-refractivity contribution in [2.75, 3.05) is 13.2 Å². The lowest BCUT2D eigenvalue weighted by molar-refractivity contribution is -0.159. The molecule has 1 saturated heterocycles. The minimum atomic E-state index is -1.08. The molecule has 0 radical (unpaired) electrons. The number of ether oxygens (including phenoxy) is 1. The van der Waals surface area contributed by atoms with Crippen LogP contribution >= 0.6 is 0 Å². The number of nitrogens with zero attached hydrogens (tertiary/aromatic N) is 2. The van der Waals surface area contributed by atoms with Crippen LogP contribution in [-0.4, -0.2) is 40.5 Å². The van der Waals surface area contributed by atoms with Crippen molar-refractivity contribution in [3.8, 4) is 0 Å². The van der Waals surface area contributed by atoms with Gasteiger partial charge in [0.15, 0.2) is 0 Å². The summed E-state index contributed by atoms with van der Waals surface area (Å²) in [5.41, 5.74) is 2.58. The maximum absolute atomic E-state index is 13.6. The fourth-order valence-corrected chi connectivity index (χ4v) is 4.24. The molecular weight excluding hydrogens is 359 g/mol. The predicted octanol–water partition coefficient (Wildman–Crippen LogP) is 3.70. The first-order valence-electron chi connectivity index (χ1n) is 9.50. The van der Waals surface area contributed by atoms with Crippen LogP contribution in [0.1, 0.15) is 42.5 Å². The van der Waals surface area contributed by atoms with Crippen LogP contribution in [-0.2, 0) is 16.0 Å². The average Bonchev–Trinajstić information content (AvgIpc) is 2.73. The lowest BCUT2D eigenvalue weighted by atomic mass is 9.85. The van der Waals surface area contributed by atoms with Crippen LogP contribution in [0.25, 0.3) is 0 Å². The molecule has 0 aliphatic carbocycles. The van der Waals surface area contributed by atoms with Gasteiger partial charge in [0, 0.05) is 19.4 Å². The Morgan fingerprint density at radius 2 is 1.96 bits per heavy atom. The van der Waals surface area contributed by atoms with E-state index < -0.39 is 5.60 Å². The first-order valence-corrected chi connectivity index (χ1v) is 9.50. The van der Waals surface area contributed by atoms with E-state index in [2.05, 4.69) is 11.2 Å². The Balaban J connectivity index is 1.74. The third kappa shape index (κ3) is 3.29. The van der Waals surface area contributed by atoms with Crippen molar-refractivity contribution in [2.24, 2.45) is 5.16 Å². The number of hydrogen-bond acceptors (Lipinski definition) is 4. The zero-order valence-corrected chi connectivity index (χ0v) is 15.8. The van der Waals surface area contributed by atoms with Crippen LogP contribution in [0, 0.1) is 5.82 Å². The number of oxime groups is 1. The highest BCUT2D eigenvalue weighted by atomic mass is 19.1. The van der Waals surface area contributed by atoms with E-state index in [1.54, 1.807) is 19.1 Å². The number of benzene rings is 2. The minimum Gasteiger partial charge on any atom is -0.411 e. The molecule has 1 N–H and O–H groups in total. The molecule has 2 aromatic rings. The van der Waals surface area contributed by atoms with E-state index in [-0.39, 0.29) is 24.2 Å². The van der Waals surface area contributed by atoms with E-state index in [4.69, 9.17) is 4.74 Å². The Morgan fingerprint density at radius 1 is 1.21 bits per heavy atom. The average molecular weight is 382 g/mol. The fraction of sp³-hybridized carbons (Fsp3) is 0.364. The zero-order valence-electron chi connectivity index (χ0n) is 15.8. The van der Waals surface area contributed by atoms with Crippen LogP contribution in [0.15, 0.2) is 53.7 Å². The van der Waals surface area contributed by atoms with Gasteiger partial charge in [0.05, 0.1) is 18.4 Å². The number of fused-ring (bicyclic) bond motifs is 1. The fourth-order valence-electron chi connectivity index (χ4n) is 4.24. The van der Waals surface area contributed by atoms with Gasteiger partial charge in [0.2, 0.25) is 0 Å². The maximum atomic E-state index is 13.6. The van der Waals surface area contributed by atoms with Crippen LogP contribution in [0.5, 0.6) is 0 Å². The molecule has 0 saturated carbocycles. The van der Waals surface area contributed by atoms with Crippen molar-refractivity contribution in [3.63, 3.8) is 0 Å². The van der Waals surface area contributed by atoms with E-state index in [0.29, 0.717) is 25.3 Å². The smallest absolute Gasteiger partial charge is 0.255 e. The topological polar surface area (TPSA) is 62.1 Å². The highest BCUT2D eigenvalue weighted by Crippen LogP contribution is 2.38. The summed E-state index contributed by atoms with van der Waals surface area (Å²) in [7, 11) is 0. The Morgan fingerprint density at radius 3 is 2.71 bits per heavy atom. The molecule has 1 fully saturated rings. The van der Waals surface area contributed by atoms with Crippen molar-refractivity contribution in [1.29, 1.82) is 0 Å². The molecule has 5 nitrogen and oxygen atoms in total. The SMILES string of the molecule is CC1(C(=O)N2CCc3ccccc3[C@@H]2c2ccc(F)cc2)CC(=NO)CCO1. The van der Waals surface area contributed by atoms with Crippen molar-refractivity contribution in [2.45, 2.75) is 37.8 Å². The van der Waals surface area contributed by atoms with Crippen LogP contribution in [0.3, 0.4) is 0 Å². The van der Waals surface area contributed by atoms with E-state index in [0.717, 1.165) is 17.5 Å². The highest BCUT2D eigenvalue weighted by Gasteiger charge is 2.45. The van der Waals surface area contributed by atoms with Gasteiger partial charge in [-0.2, -0.15) is 0 Å². The van der Waals surface area contributed by atoms with Crippen molar-refractivity contribution >= 4 is 11.6 Å². The third-order valence-electron chi connectivity index (χ3n) is 5.68. The minimum absolute atomic E-state index is 0.142. The van der Waals surface area contributed by atoms with E-state index in [1.165, 1.54) is 17.7 Å². The summed E-state index contributed by atoms with van der Waals surface area (Å²) in [4.78, 5) is 15.4. The summed E-state index contributed by atoms with van der Waals surface area (Å²) in [5.74, 6) is -0.450. The monoisotopic (exact) mass is 382 g/mol. The second kappa shape index (κ2) is 7.36. The van der Waals surface area contributed by atoms with E-state index >= 15 is 0 Å². The summed E-state index contributed by atoms with van der Waals surface area (Å²) in [6, 6.07) is 14.0. The van der Waals surface area contributed by atoms with Gasteiger partial charge in [-0.3, -0.25) is 4.79 Å². The lowest BCUT2D eigenvalue weighted by Crippen LogP contribution is -2.54. The number of hydrogen-bond donors (Lipinski definition) is 1. The molecule has 0 bridgehead atoms. The van der Waals surface area contributed by atoms with Gasteiger partial charge in [0.1, 0.15) is 11.4 Å². The predicted molar refractivity (Wildman–Crippen MR) is 103 cm³/mol. The van der Waals surface area contributed by atoms with Crippen molar-refractivity contribution < 1.29 is 19.1 Å². The molecule has 2 aliphatic rings. The largest absolute Gasteiger partial charge is 0.411 e. The summed E-state index contributed by atoms with van der Waals surface area (Å²) >= 11 is 0. The summed E-state index contributed by atoms with van der Waals surface area (Å²) in [6.45, 7) is 2.64. The van der Waals surface area contributed by atoms with Gasteiger partial charge in [-0.05, 0) is 42.2 Å². The molecule has 6 heteroatoms. The Labute approximate surface area is 163 Å². The van der Waals surface area contributed by atoms with Gasteiger partial charge in [-0.15, -0.1) is 0 Å². The number of carbonyl (C=O) groups excluding carboxylic acids is 1. The van der Waals surface area contributed by atoms with E-state index in [9.17, 15) is 14.4 Å². The number of halogens is 1. The molecule has 2 heterocycles. The van der Waals surface area contributed by atoms with E-state index in [1.807, 2.05) is 23.1 Å². The quantitative estimate of drug-likeness (QED) is 0.636. The second-order valence-electron chi connectivity index (χ2n) is 7.57. The molecule has 1 unspecified atom stereocenters. The molecule has 0 spiro atoms. The van der Waals surface area contributed by atoms with Gasteiger partial charge < -0.3 is 14.8 Å². The molecule has 2 aliphatic heterocycles. The standard InChI is InChI=1S/C22H23FN2O3/c1-22(14-18(24-27)11-13-28-22)21(26)25-12-10-15-4-2-3-5-19(15)20(25)16-6-8-17(23)9-7-16/h2-9,20,27H,10-14H2,1H3/t20-,22?/m0/s1. The molecule has 4 rings (SSSR count). The summed E-state index contributed by atoms with van der Waals surface area (Å²) < 4.78 is 19.4. The molecule has 28 heavy (non-hydrogen) atoms. The van der Waals surface area contributed by atoms with Crippen molar-refractivity contribution in [1.82, 2.24) is 4.90 Å². The van der Waals surface area contributed by atoms with Gasteiger partial charge in [-0.25, -0.2) is 4.39 Å². The Bertz CT molecular complexity index is 912. The molecule has 2 atom stereocenters. The van der Waals surface area contributed by atoms with Gasteiger partial charge >= 0.3 is 0 Å². The number of amides is 1. The molecule has 146 valence electrons. The summed E-state index contributed by atoms with van der Waals surface area (Å²) in [6.07, 6.45) is 1.52. The first-order chi connectivity index (χ1) is 13.5. The molecule has 2 aromatic carbocycles. The number of rotatable bonds is 2. The second-order valence-corrected chi connectivity index (χ2v) is 7.57. The lowest BCUT2D eigenvalue weighted by Gasteiger charge is -2.43. The van der Waals surface area contributed by atoms with Gasteiger partial charge in [-0.1, -0.05) is 41.6 Å². The molecular formula is C22H23FN2O3. The number of carbonyl (C=O) groups is 1. The van der Waals surface area contributed by atoms with Gasteiger partial charge in [0.25, 0.3) is 5.91 Å². The van der Waals surface area contributed by atoms with Crippen LogP contribution < -0.4 is 0 Å². The van der Waals surface area contributed by atoms with Crippen LogP contribution in [0.4, 0.5) is 4.39 Å². The van der Waals surface area contributed by atoms with Crippen LogP contribution in [0.2, 0.25) is 0 Å². The Hall–Kier alpha value is -2.73. The Kier molecular flexibility index (Phi) is 4.89. The first kappa shape index (κ1) is 18.6. The normalized spacial score (nSPS) is 26.1.